The molecule has 2 aliphatic heterocycles. The number of carbonyl (C=O) groups is 2. The summed E-state index contributed by atoms with van der Waals surface area (Å²) in [5.41, 5.74) is -0.678. The number of piperidine rings is 2. The molecule has 1 N–H and O–H groups in total. The highest BCUT2D eigenvalue weighted by Gasteiger charge is 2.50. The quantitative estimate of drug-likeness (QED) is 0.835. The molecule has 2 amide bonds. The molecular formula is C17H25N3O4. The molecule has 1 aromatic heterocycles. The van der Waals surface area contributed by atoms with E-state index in [2.05, 4.69) is 5.16 Å². The minimum atomic E-state index is -0.563. The standard InChI is InChI=1S/C17H25N3O4/c1-12(21)20-11-17(10-14(22)16(20,2)3)5-8-19(9-6-17)15(23)13-4-7-18-24-13/h4,7,14,22H,5-6,8-11H2,1-3H3/t14-/m0/s1. The van der Waals surface area contributed by atoms with Gasteiger partial charge in [-0.25, -0.2) is 0 Å². The van der Waals surface area contributed by atoms with Crippen LogP contribution in [0.5, 0.6) is 0 Å². The number of aromatic nitrogens is 1. The zero-order chi connectivity index (χ0) is 17.5. The van der Waals surface area contributed by atoms with Gasteiger partial charge in [0.25, 0.3) is 5.91 Å². The van der Waals surface area contributed by atoms with Gasteiger partial charge in [0.05, 0.1) is 17.8 Å². The Balaban J connectivity index is 1.71. The normalized spacial score (nSPS) is 25.8. The maximum atomic E-state index is 12.4. The number of nitrogens with zero attached hydrogens (tertiary/aromatic N) is 3. The van der Waals surface area contributed by atoms with Gasteiger partial charge in [-0.2, -0.15) is 0 Å². The minimum absolute atomic E-state index is 0.0155. The Morgan fingerprint density at radius 3 is 2.54 bits per heavy atom. The highest BCUT2D eigenvalue weighted by Crippen LogP contribution is 2.45. The number of amides is 2. The number of hydrogen-bond acceptors (Lipinski definition) is 5. The van der Waals surface area contributed by atoms with Crippen molar-refractivity contribution in [3.8, 4) is 0 Å². The van der Waals surface area contributed by atoms with Crippen LogP contribution < -0.4 is 0 Å². The second kappa shape index (κ2) is 5.88. The minimum Gasteiger partial charge on any atom is -0.391 e. The first-order valence-electron chi connectivity index (χ1n) is 8.41. The van der Waals surface area contributed by atoms with Gasteiger partial charge >= 0.3 is 0 Å². The summed E-state index contributed by atoms with van der Waals surface area (Å²) in [5.74, 6) is 0.0851. The lowest BCUT2D eigenvalue weighted by Crippen LogP contribution is -2.64. The summed E-state index contributed by atoms with van der Waals surface area (Å²) < 4.78 is 4.94. The van der Waals surface area contributed by atoms with Crippen LogP contribution >= 0.6 is 0 Å². The van der Waals surface area contributed by atoms with Gasteiger partial charge in [-0.1, -0.05) is 5.16 Å². The van der Waals surface area contributed by atoms with E-state index in [0.717, 1.165) is 12.8 Å². The molecule has 0 bridgehead atoms. The second-order valence-corrected chi connectivity index (χ2v) is 7.65. The molecule has 0 aromatic carbocycles. The zero-order valence-electron chi connectivity index (χ0n) is 14.5. The topological polar surface area (TPSA) is 86.9 Å². The van der Waals surface area contributed by atoms with Crippen molar-refractivity contribution < 1.29 is 19.2 Å². The lowest BCUT2D eigenvalue weighted by Gasteiger charge is -2.55. The molecule has 1 aromatic rings. The van der Waals surface area contributed by atoms with E-state index in [9.17, 15) is 14.7 Å². The first-order valence-corrected chi connectivity index (χ1v) is 8.41. The number of likely N-dealkylation sites (tertiary alicyclic amines) is 2. The van der Waals surface area contributed by atoms with E-state index in [0.29, 0.717) is 26.1 Å². The lowest BCUT2D eigenvalue weighted by molar-refractivity contribution is -0.156. The van der Waals surface area contributed by atoms with E-state index in [4.69, 9.17) is 4.52 Å². The summed E-state index contributed by atoms with van der Waals surface area (Å²) in [6.45, 7) is 7.20. The third kappa shape index (κ3) is 2.81. The summed E-state index contributed by atoms with van der Waals surface area (Å²) in [6, 6.07) is 1.57. The Kier molecular flexibility index (Phi) is 4.15. The molecule has 2 saturated heterocycles. The van der Waals surface area contributed by atoms with Crippen molar-refractivity contribution in [2.45, 2.75) is 51.7 Å². The van der Waals surface area contributed by atoms with Gasteiger partial charge in [0.15, 0.2) is 0 Å². The molecule has 7 nitrogen and oxygen atoms in total. The molecule has 0 saturated carbocycles. The third-order valence-corrected chi connectivity index (χ3v) is 5.77. The number of carbonyl (C=O) groups excluding carboxylic acids is 2. The molecule has 7 heteroatoms. The van der Waals surface area contributed by atoms with Gasteiger partial charge in [0.1, 0.15) is 0 Å². The average Bonchev–Trinajstić information content (AvgIpc) is 3.05. The number of rotatable bonds is 1. The van der Waals surface area contributed by atoms with Crippen LogP contribution in [-0.2, 0) is 4.79 Å². The molecule has 24 heavy (non-hydrogen) atoms. The Labute approximate surface area is 141 Å². The van der Waals surface area contributed by atoms with Crippen molar-refractivity contribution in [1.82, 2.24) is 15.0 Å². The fourth-order valence-electron chi connectivity index (χ4n) is 3.99. The van der Waals surface area contributed by atoms with Crippen LogP contribution in [0.4, 0.5) is 0 Å². The fraction of sp³-hybridized carbons (Fsp3) is 0.706. The predicted molar refractivity (Wildman–Crippen MR) is 86.2 cm³/mol. The number of aliphatic hydroxyl groups is 1. The van der Waals surface area contributed by atoms with Gasteiger partial charge in [-0.15, -0.1) is 0 Å². The molecule has 1 atom stereocenters. The molecule has 0 aliphatic carbocycles. The van der Waals surface area contributed by atoms with E-state index in [1.165, 1.54) is 6.20 Å². The van der Waals surface area contributed by atoms with Crippen LogP contribution in [0, 0.1) is 5.41 Å². The number of aliphatic hydroxyl groups excluding tert-OH is 1. The van der Waals surface area contributed by atoms with Crippen molar-refractivity contribution >= 4 is 11.8 Å². The van der Waals surface area contributed by atoms with Crippen molar-refractivity contribution in [3.05, 3.63) is 18.0 Å². The molecule has 0 unspecified atom stereocenters. The Morgan fingerprint density at radius 1 is 1.33 bits per heavy atom. The maximum Gasteiger partial charge on any atom is 0.292 e. The lowest BCUT2D eigenvalue weighted by atomic mass is 9.67. The van der Waals surface area contributed by atoms with E-state index < -0.39 is 11.6 Å². The van der Waals surface area contributed by atoms with E-state index >= 15 is 0 Å². The SMILES string of the molecule is CC(=O)N1CC2(CCN(C(=O)c3ccno3)CC2)C[C@H](O)C1(C)C. The predicted octanol–water partition coefficient (Wildman–Crippen LogP) is 1.29. The van der Waals surface area contributed by atoms with Crippen molar-refractivity contribution in [2.24, 2.45) is 5.41 Å². The molecular weight excluding hydrogens is 310 g/mol. The summed E-state index contributed by atoms with van der Waals surface area (Å²) in [5, 5.41) is 14.2. The van der Waals surface area contributed by atoms with Crippen LogP contribution in [0.25, 0.3) is 0 Å². The molecule has 0 radical (unpaired) electrons. The molecule has 1 spiro atoms. The second-order valence-electron chi connectivity index (χ2n) is 7.65. The fourth-order valence-corrected chi connectivity index (χ4v) is 3.99. The Morgan fingerprint density at radius 2 is 2.00 bits per heavy atom. The highest BCUT2D eigenvalue weighted by atomic mass is 16.5. The van der Waals surface area contributed by atoms with Crippen LogP contribution in [0.1, 0.15) is 50.6 Å². The van der Waals surface area contributed by atoms with Crippen molar-refractivity contribution in [2.75, 3.05) is 19.6 Å². The zero-order valence-corrected chi connectivity index (χ0v) is 14.5. The van der Waals surface area contributed by atoms with Crippen molar-refractivity contribution in [3.63, 3.8) is 0 Å². The van der Waals surface area contributed by atoms with E-state index in [-0.39, 0.29) is 23.0 Å². The monoisotopic (exact) mass is 335 g/mol. The first kappa shape index (κ1) is 17.0. The van der Waals surface area contributed by atoms with Crippen LogP contribution in [-0.4, -0.2) is 63.2 Å². The largest absolute Gasteiger partial charge is 0.391 e. The maximum absolute atomic E-state index is 12.4. The average molecular weight is 335 g/mol. The van der Waals surface area contributed by atoms with Gasteiger partial charge in [-0.05, 0) is 38.5 Å². The van der Waals surface area contributed by atoms with Crippen LogP contribution in [0.2, 0.25) is 0 Å². The van der Waals surface area contributed by atoms with Gasteiger partial charge < -0.3 is 19.4 Å². The van der Waals surface area contributed by atoms with Gasteiger partial charge in [-0.3, -0.25) is 9.59 Å². The summed E-state index contributed by atoms with van der Waals surface area (Å²) >= 11 is 0. The smallest absolute Gasteiger partial charge is 0.292 e. The Bertz CT molecular complexity index is 618. The van der Waals surface area contributed by atoms with Gasteiger partial charge in [0, 0.05) is 32.6 Å². The molecule has 132 valence electrons. The number of hydrogen-bond donors (Lipinski definition) is 1. The van der Waals surface area contributed by atoms with E-state index in [1.54, 1.807) is 22.8 Å². The highest BCUT2D eigenvalue weighted by molar-refractivity contribution is 5.91. The summed E-state index contributed by atoms with van der Waals surface area (Å²) in [7, 11) is 0. The first-order chi connectivity index (χ1) is 11.3. The Hall–Kier alpha value is -1.89. The van der Waals surface area contributed by atoms with Gasteiger partial charge in [0.2, 0.25) is 11.7 Å². The molecule has 2 fully saturated rings. The van der Waals surface area contributed by atoms with E-state index in [1.807, 2.05) is 13.8 Å². The molecule has 2 aliphatic rings. The molecule has 3 rings (SSSR count). The van der Waals surface area contributed by atoms with Crippen molar-refractivity contribution in [1.29, 1.82) is 0 Å². The van der Waals surface area contributed by atoms with Crippen LogP contribution in [0.3, 0.4) is 0 Å². The molecule has 3 heterocycles. The summed E-state index contributed by atoms with van der Waals surface area (Å²) in [4.78, 5) is 27.9. The summed E-state index contributed by atoms with van der Waals surface area (Å²) in [6.07, 6.45) is 3.09. The van der Waals surface area contributed by atoms with Crippen LogP contribution in [0.15, 0.2) is 16.8 Å². The third-order valence-electron chi connectivity index (χ3n) is 5.77.